The van der Waals surface area contributed by atoms with Gasteiger partial charge >= 0.3 is 6.18 Å². The highest BCUT2D eigenvalue weighted by atomic mass is 35.5. The lowest BCUT2D eigenvalue weighted by Crippen LogP contribution is -2.40. The van der Waals surface area contributed by atoms with Gasteiger partial charge in [-0.05, 0) is 37.1 Å². The predicted octanol–water partition coefficient (Wildman–Crippen LogP) is 3.10. The molecular weight excluding hydrogens is 315 g/mol. The molecule has 0 saturated heterocycles. The molecule has 0 fully saturated rings. The van der Waals surface area contributed by atoms with Crippen molar-refractivity contribution in [3.05, 3.63) is 29.3 Å². The summed E-state index contributed by atoms with van der Waals surface area (Å²) in [5.41, 5.74) is 1.56. The van der Waals surface area contributed by atoms with Crippen molar-refractivity contribution in [1.29, 1.82) is 0 Å². The molecule has 0 aromatic heterocycles. The van der Waals surface area contributed by atoms with Gasteiger partial charge in [-0.2, -0.15) is 17.5 Å². The summed E-state index contributed by atoms with van der Waals surface area (Å²) in [6.07, 6.45) is -4.61. The molecule has 0 N–H and O–H groups in total. The summed E-state index contributed by atoms with van der Waals surface area (Å²) in [5, 5.41) is 0. The van der Waals surface area contributed by atoms with Crippen molar-refractivity contribution in [2.24, 2.45) is 0 Å². The van der Waals surface area contributed by atoms with E-state index in [0.717, 1.165) is 5.56 Å². The Morgan fingerprint density at radius 3 is 2.25 bits per heavy atom. The van der Waals surface area contributed by atoms with Crippen LogP contribution in [-0.2, 0) is 10.0 Å². The SMILES string of the molecule is Cc1ccc(S(=O)(=O)N(CCCl)CC(F)(F)F)cc1C. The molecule has 114 valence electrons. The number of hydrogen-bond acceptors (Lipinski definition) is 2. The van der Waals surface area contributed by atoms with Gasteiger partial charge in [0.15, 0.2) is 0 Å². The first-order valence-corrected chi connectivity index (χ1v) is 7.75. The lowest BCUT2D eigenvalue weighted by Gasteiger charge is -2.22. The zero-order chi connectivity index (χ0) is 15.6. The fraction of sp³-hybridized carbons (Fsp3) is 0.500. The van der Waals surface area contributed by atoms with Crippen molar-refractivity contribution in [2.45, 2.75) is 24.9 Å². The molecule has 0 bridgehead atoms. The molecule has 20 heavy (non-hydrogen) atoms. The van der Waals surface area contributed by atoms with Crippen LogP contribution < -0.4 is 0 Å². The van der Waals surface area contributed by atoms with Crippen molar-refractivity contribution in [1.82, 2.24) is 4.31 Å². The molecule has 8 heteroatoms. The minimum Gasteiger partial charge on any atom is -0.207 e. The third kappa shape index (κ3) is 4.36. The van der Waals surface area contributed by atoms with E-state index in [1.807, 2.05) is 0 Å². The first-order valence-electron chi connectivity index (χ1n) is 5.78. The van der Waals surface area contributed by atoms with Crippen LogP contribution in [0.25, 0.3) is 0 Å². The Morgan fingerprint density at radius 2 is 1.80 bits per heavy atom. The van der Waals surface area contributed by atoms with E-state index in [2.05, 4.69) is 0 Å². The van der Waals surface area contributed by atoms with E-state index in [4.69, 9.17) is 11.6 Å². The Morgan fingerprint density at radius 1 is 1.20 bits per heavy atom. The number of sulfonamides is 1. The zero-order valence-electron chi connectivity index (χ0n) is 11.0. The highest BCUT2D eigenvalue weighted by molar-refractivity contribution is 7.89. The van der Waals surface area contributed by atoms with E-state index in [-0.39, 0.29) is 10.8 Å². The van der Waals surface area contributed by atoms with Crippen molar-refractivity contribution >= 4 is 21.6 Å². The average molecular weight is 330 g/mol. The second kappa shape index (κ2) is 6.32. The van der Waals surface area contributed by atoms with Crippen molar-refractivity contribution in [3.63, 3.8) is 0 Å². The van der Waals surface area contributed by atoms with Crippen LogP contribution >= 0.6 is 11.6 Å². The van der Waals surface area contributed by atoms with Crippen LogP contribution in [0, 0.1) is 13.8 Å². The van der Waals surface area contributed by atoms with Gasteiger partial charge in [0.2, 0.25) is 10.0 Å². The second-order valence-corrected chi connectivity index (χ2v) is 6.70. The van der Waals surface area contributed by atoms with Gasteiger partial charge in [0.1, 0.15) is 6.54 Å². The maximum atomic E-state index is 12.5. The zero-order valence-corrected chi connectivity index (χ0v) is 12.6. The Bertz CT molecular complexity index is 573. The number of hydrogen-bond donors (Lipinski definition) is 0. The molecule has 0 amide bonds. The van der Waals surface area contributed by atoms with E-state index < -0.39 is 29.3 Å². The average Bonchev–Trinajstić information content (AvgIpc) is 2.30. The molecule has 0 atom stereocenters. The predicted molar refractivity (Wildman–Crippen MR) is 71.4 cm³/mol. The first-order chi connectivity index (χ1) is 9.08. The van der Waals surface area contributed by atoms with Gasteiger partial charge in [-0.1, -0.05) is 6.07 Å². The molecule has 0 unspecified atom stereocenters. The Kier molecular flexibility index (Phi) is 5.46. The minimum atomic E-state index is -4.61. The number of halogens is 4. The van der Waals surface area contributed by atoms with E-state index in [1.165, 1.54) is 12.1 Å². The number of nitrogens with zero attached hydrogens (tertiary/aromatic N) is 1. The van der Waals surface area contributed by atoms with Crippen molar-refractivity contribution < 1.29 is 21.6 Å². The monoisotopic (exact) mass is 329 g/mol. The standard InChI is InChI=1S/C12H15ClF3NO2S/c1-9-3-4-11(7-10(9)2)20(18,19)17(6-5-13)8-12(14,15)16/h3-4,7H,5-6,8H2,1-2H3. The van der Waals surface area contributed by atoms with Gasteiger partial charge < -0.3 is 0 Å². The van der Waals surface area contributed by atoms with E-state index in [9.17, 15) is 21.6 Å². The van der Waals surface area contributed by atoms with Gasteiger partial charge in [-0.3, -0.25) is 0 Å². The molecule has 0 spiro atoms. The first kappa shape index (κ1) is 17.3. The summed E-state index contributed by atoms with van der Waals surface area (Å²) in [6, 6.07) is 4.23. The number of alkyl halides is 4. The van der Waals surface area contributed by atoms with Crippen LogP contribution in [0.4, 0.5) is 13.2 Å². The normalized spacial score (nSPS) is 12.9. The molecule has 0 aliphatic heterocycles. The van der Waals surface area contributed by atoms with E-state index in [0.29, 0.717) is 9.87 Å². The molecule has 0 aliphatic carbocycles. The lowest BCUT2D eigenvalue weighted by molar-refractivity contribution is -0.135. The minimum absolute atomic E-state index is 0.157. The van der Waals surface area contributed by atoms with Crippen molar-refractivity contribution in [2.75, 3.05) is 19.0 Å². The van der Waals surface area contributed by atoms with Gasteiger partial charge in [0.05, 0.1) is 4.90 Å². The van der Waals surface area contributed by atoms with E-state index in [1.54, 1.807) is 19.9 Å². The third-order valence-corrected chi connectivity index (χ3v) is 4.82. The summed E-state index contributed by atoms with van der Waals surface area (Å²) >= 11 is 5.40. The Balaban J connectivity index is 3.18. The summed E-state index contributed by atoms with van der Waals surface area (Å²) in [5.74, 6) is -0.208. The number of aryl methyl sites for hydroxylation is 2. The summed E-state index contributed by atoms with van der Waals surface area (Å²) in [7, 11) is -4.21. The topological polar surface area (TPSA) is 37.4 Å². The number of rotatable bonds is 5. The second-order valence-electron chi connectivity index (χ2n) is 4.39. The van der Waals surface area contributed by atoms with Crippen LogP contribution in [0.15, 0.2) is 23.1 Å². The van der Waals surface area contributed by atoms with Crippen LogP contribution in [-0.4, -0.2) is 37.9 Å². The van der Waals surface area contributed by atoms with Gasteiger partial charge in [-0.25, -0.2) is 8.42 Å². The quantitative estimate of drug-likeness (QED) is 0.778. The largest absolute Gasteiger partial charge is 0.402 e. The molecule has 0 saturated carbocycles. The smallest absolute Gasteiger partial charge is 0.207 e. The summed E-state index contributed by atoms with van der Waals surface area (Å²) in [6.45, 7) is 1.55. The maximum absolute atomic E-state index is 12.5. The lowest BCUT2D eigenvalue weighted by atomic mass is 10.1. The Labute approximate surface area is 121 Å². The van der Waals surface area contributed by atoms with Gasteiger partial charge in [-0.15, -0.1) is 11.6 Å². The van der Waals surface area contributed by atoms with Crippen LogP contribution in [0.2, 0.25) is 0 Å². The molecule has 0 heterocycles. The molecule has 1 rings (SSSR count). The van der Waals surface area contributed by atoms with Crippen LogP contribution in [0.1, 0.15) is 11.1 Å². The van der Waals surface area contributed by atoms with Gasteiger partial charge in [0, 0.05) is 12.4 Å². The third-order valence-electron chi connectivity index (χ3n) is 2.81. The Hall–Kier alpha value is -0.790. The highest BCUT2D eigenvalue weighted by Gasteiger charge is 2.36. The molecule has 0 radical (unpaired) electrons. The van der Waals surface area contributed by atoms with Crippen molar-refractivity contribution in [3.8, 4) is 0 Å². The molecule has 0 aliphatic rings. The van der Waals surface area contributed by atoms with Gasteiger partial charge in [0.25, 0.3) is 0 Å². The van der Waals surface area contributed by atoms with Crippen LogP contribution in [0.3, 0.4) is 0 Å². The number of benzene rings is 1. The molecular formula is C12H15ClF3NO2S. The fourth-order valence-electron chi connectivity index (χ4n) is 1.60. The maximum Gasteiger partial charge on any atom is 0.402 e. The molecule has 3 nitrogen and oxygen atoms in total. The summed E-state index contributed by atoms with van der Waals surface area (Å²) < 4.78 is 62.2. The molecule has 1 aromatic rings. The highest BCUT2D eigenvalue weighted by Crippen LogP contribution is 2.24. The van der Waals surface area contributed by atoms with Crippen LogP contribution in [0.5, 0.6) is 0 Å². The summed E-state index contributed by atoms with van der Waals surface area (Å²) in [4.78, 5) is -0.157. The van der Waals surface area contributed by atoms with E-state index >= 15 is 0 Å². The molecule has 1 aromatic carbocycles. The fourth-order valence-corrected chi connectivity index (χ4v) is 3.42.